The van der Waals surface area contributed by atoms with Crippen LogP contribution in [0.1, 0.15) is 21.5 Å². The normalized spacial score (nSPS) is 10.7. The van der Waals surface area contributed by atoms with E-state index >= 15 is 0 Å². The van der Waals surface area contributed by atoms with Crippen LogP contribution in [-0.4, -0.2) is 48.0 Å². The first-order valence-electron chi connectivity index (χ1n) is 7.55. The molecule has 122 valence electrons. The fourth-order valence-corrected chi connectivity index (χ4v) is 2.01. The number of aryl methyl sites for hydroxylation is 1. The van der Waals surface area contributed by atoms with Gasteiger partial charge in [0.1, 0.15) is 0 Å². The van der Waals surface area contributed by atoms with Gasteiger partial charge in [-0.3, -0.25) is 4.79 Å². The molecule has 6 nitrogen and oxygen atoms in total. The molecular formula is C17H23N5O. The summed E-state index contributed by atoms with van der Waals surface area (Å²) in [4.78, 5) is 22.7. The maximum atomic E-state index is 12.3. The van der Waals surface area contributed by atoms with Crippen molar-refractivity contribution < 1.29 is 4.79 Å². The highest BCUT2D eigenvalue weighted by Crippen LogP contribution is 2.18. The molecule has 1 heterocycles. The van der Waals surface area contributed by atoms with E-state index in [9.17, 15) is 4.79 Å². The molecule has 0 fully saturated rings. The van der Waals surface area contributed by atoms with Crippen LogP contribution in [-0.2, 0) is 0 Å². The predicted molar refractivity (Wildman–Crippen MR) is 92.9 cm³/mol. The Morgan fingerprint density at radius 2 is 1.87 bits per heavy atom. The molecule has 2 N–H and O–H groups in total. The van der Waals surface area contributed by atoms with Crippen LogP contribution in [0, 0.1) is 13.8 Å². The largest absolute Gasteiger partial charge is 0.353 e. The lowest BCUT2D eigenvalue weighted by molar-refractivity contribution is 0.102. The second kappa shape index (κ2) is 7.69. The van der Waals surface area contributed by atoms with E-state index in [0.29, 0.717) is 11.5 Å². The van der Waals surface area contributed by atoms with Gasteiger partial charge in [0.25, 0.3) is 5.91 Å². The van der Waals surface area contributed by atoms with Gasteiger partial charge in [-0.1, -0.05) is 12.1 Å². The van der Waals surface area contributed by atoms with Gasteiger partial charge >= 0.3 is 0 Å². The Bertz CT molecular complexity index is 667. The number of carbonyl (C=O) groups is 1. The van der Waals surface area contributed by atoms with Gasteiger partial charge in [0.15, 0.2) is 0 Å². The van der Waals surface area contributed by atoms with Crippen molar-refractivity contribution >= 4 is 17.5 Å². The quantitative estimate of drug-likeness (QED) is 0.856. The summed E-state index contributed by atoms with van der Waals surface area (Å²) in [5.41, 5.74) is 3.44. The minimum absolute atomic E-state index is 0.210. The summed E-state index contributed by atoms with van der Waals surface area (Å²) in [7, 11) is 4.01. The standard InChI is InChI=1S/C17H23N5O/c1-12-6-5-7-15(13(12)2)21-16(23)14-10-19-17(20-11-14)18-8-9-22(3)4/h5-7,10-11H,8-9H2,1-4H3,(H,21,23)(H,18,19,20). The lowest BCUT2D eigenvalue weighted by atomic mass is 10.1. The average molecular weight is 313 g/mol. The van der Waals surface area contributed by atoms with E-state index in [1.807, 2.05) is 46.1 Å². The van der Waals surface area contributed by atoms with Gasteiger partial charge in [-0.15, -0.1) is 0 Å². The number of nitrogens with zero attached hydrogens (tertiary/aromatic N) is 3. The first kappa shape index (κ1) is 16.9. The molecule has 2 aromatic rings. The molecule has 0 saturated carbocycles. The molecule has 23 heavy (non-hydrogen) atoms. The van der Waals surface area contributed by atoms with E-state index in [4.69, 9.17) is 0 Å². The Morgan fingerprint density at radius 1 is 1.17 bits per heavy atom. The number of carbonyl (C=O) groups excluding carboxylic acids is 1. The number of anilines is 2. The Labute approximate surface area is 137 Å². The molecule has 1 aromatic carbocycles. The van der Waals surface area contributed by atoms with Crippen LogP contribution in [0.25, 0.3) is 0 Å². The van der Waals surface area contributed by atoms with Crippen molar-refractivity contribution in [3.05, 3.63) is 47.3 Å². The Hall–Kier alpha value is -2.47. The number of rotatable bonds is 6. The van der Waals surface area contributed by atoms with Crippen LogP contribution in [0.15, 0.2) is 30.6 Å². The second-order valence-electron chi connectivity index (χ2n) is 5.73. The molecule has 6 heteroatoms. The van der Waals surface area contributed by atoms with Gasteiger partial charge in [0, 0.05) is 31.2 Å². The van der Waals surface area contributed by atoms with E-state index < -0.39 is 0 Å². The van der Waals surface area contributed by atoms with Gasteiger partial charge in [-0.2, -0.15) is 0 Å². The highest BCUT2D eigenvalue weighted by Gasteiger charge is 2.09. The Morgan fingerprint density at radius 3 is 2.52 bits per heavy atom. The topological polar surface area (TPSA) is 70.2 Å². The van der Waals surface area contributed by atoms with Crippen molar-refractivity contribution in [1.82, 2.24) is 14.9 Å². The van der Waals surface area contributed by atoms with Crippen LogP contribution >= 0.6 is 0 Å². The van der Waals surface area contributed by atoms with Crippen molar-refractivity contribution in [3.63, 3.8) is 0 Å². The molecule has 1 aromatic heterocycles. The van der Waals surface area contributed by atoms with Crippen LogP contribution in [0.5, 0.6) is 0 Å². The summed E-state index contributed by atoms with van der Waals surface area (Å²) in [5.74, 6) is 0.314. The fourth-order valence-electron chi connectivity index (χ4n) is 2.01. The molecule has 0 spiro atoms. The van der Waals surface area contributed by atoms with Crippen molar-refractivity contribution in [1.29, 1.82) is 0 Å². The van der Waals surface area contributed by atoms with Gasteiger partial charge in [-0.25, -0.2) is 9.97 Å². The fraction of sp³-hybridized carbons (Fsp3) is 0.353. The number of likely N-dealkylation sites (N-methyl/N-ethyl adjacent to an activating group) is 1. The van der Waals surface area contributed by atoms with E-state index in [0.717, 1.165) is 29.9 Å². The maximum absolute atomic E-state index is 12.3. The first-order valence-corrected chi connectivity index (χ1v) is 7.55. The van der Waals surface area contributed by atoms with E-state index in [2.05, 4.69) is 25.5 Å². The summed E-state index contributed by atoms with van der Waals surface area (Å²) < 4.78 is 0. The summed E-state index contributed by atoms with van der Waals surface area (Å²) >= 11 is 0. The third-order valence-corrected chi connectivity index (χ3v) is 3.61. The summed E-state index contributed by atoms with van der Waals surface area (Å²) in [6.45, 7) is 5.64. The molecular weight excluding hydrogens is 290 g/mol. The predicted octanol–water partition coefficient (Wildman–Crippen LogP) is 2.32. The number of nitrogens with one attached hydrogen (secondary N) is 2. The number of hydrogen-bond acceptors (Lipinski definition) is 5. The van der Waals surface area contributed by atoms with E-state index in [-0.39, 0.29) is 5.91 Å². The molecule has 0 unspecified atom stereocenters. The molecule has 2 rings (SSSR count). The first-order chi connectivity index (χ1) is 11.0. The molecule has 0 aliphatic heterocycles. The van der Waals surface area contributed by atoms with Gasteiger partial charge in [-0.05, 0) is 45.1 Å². The van der Waals surface area contributed by atoms with E-state index in [1.165, 1.54) is 12.4 Å². The van der Waals surface area contributed by atoms with E-state index in [1.54, 1.807) is 0 Å². The molecule has 0 radical (unpaired) electrons. The minimum atomic E-state index is -0.210. The van der Waals surface area contributed by atoms with Crippen molar-refractivity contribution in [2.45, 2.75) is 13.8 Å². The number of benzene rings is 1. The van der Waals surface area contributed by atoms with Crippen molar-refractivity contribution in [2.75, 3.05) is 37.8 Å². The van der Waals surface area contributed by atoms with Crippen LogP contribution in [0.3, 0.4) is 0 Å². The Kier molecular flexibility index (Phi) is 5.65. The monoisotopic (exact) mass is 313 g/mol. The van der Waals surface area contributed by atoms with Crippen LogP contribution < -0.4 is 10.6 Å². The van der Waals surface area contributed by atoms with Crippen molar-refractivity contribution in [2.24, 2.45) is 0 Å². The average Bonchev–Trinajstić information content (AvgIpc) is 2.52. The zero-order chi connectivity index (χ0) is 16.8. The lowest BCUT2D eigenvalue weighted by Crippen LogP contribution is -2.21. The van der Waals surface area contributed by atoms with Gasteiger partial charge in [0.2, 0.25) is 5.95 Å². The summed E-state index contributed by atoms with van der Waals surface area (Å²) in [6.07, 6.45) is 3.07. The van der Waals surface area contributed by atoms with Crippen LogP contribution in [0.2, 0.25) is 0 Å². The molecule has 0 bridgehead atoms. The minimum Gasteiger partial charge on any atom is -0.353 e. The third-order valence-electron chi connectivity index (χ3n) is 3.61. The molecule has 0 aliphatic carbocycles. The zero-order valence-electron chi connectivity index (χ0n) is 14.1. The van der Waals surface area contributed by atoms with Crippen molar-refractivity contribution in [3.8, 4) is 0 Å². The number of aromatic nitrogens is 2. The van der Waals surface area contributed by atoms with Crippen LogP contribution in [0.4, 0.5) is 11.6 Å². The molecule has 0 atom stereocenters. The highest BCUT2D eigenvalue weighted by atomic mass is 16.1. The molecule has 0 saturated heterocycles. The Balaban J connectivity index is 1.98. The summed E-state index contributed by atoms with van der Waals surface area (Å²) in [6, 6.07) is 5.83. The second-order valence-corrected chi connectivity index (χ2v) is 5.73. The van der Waals surface area contributed by atoms with Gasteiger partial charge < -0.3 is 15.5 Å². The number of amides is 1. The molecule has 1 amide bonds. The summed E-state index contributed by atoms with van der Waals surface area (Å²) in [5, 5.41) is 6.01. The van der Waals surface area contributed by atoms with Gasteiger partial charge in [0.05, 0.1) is 5.56 Å². The molecule has 0 aliphatic rings. The highest BCUT2D eigenvalue weighted by molar-refractivity contribution is 6.04. The SMILES string of the molecule is Cc1cccc(NC(=O)c2cnc(NCCN(C)C)nc2)c1C. The maximum Gasteiger partial charge on any atom is 0.258 e. The smallest absolute Gasteiger partial charge is 0.258 e. The zero-order valence-corrected chi connectivity index (χ0v) is 14.1. The number of hydrogen-bond donors (Lipinski definition) is 2. The lowest BCUT2D eigenvalue weighted by Gasteiger charge is -2.11. The third kappa shape index (κ3) is 4.75.